The van der Waals surface area contributed by atoms with Crippen LogP contribution in [0.15, 0.2) is 25.0 Å². The number of aliphatic hydroxyl groups excluding tert-OH is 1. The van der Waals surface area contributed by atoms with E-state index in [1.165, 1.54) is 12.8 Å². The minimum Gasteiger partial charge on any atom is -0.390 e. The van der Waals surface area contributed by atoms with Crippen LogP contribution in [0.1, 0.15) is 18.5 Å². The van der Waals surface area contributed by atoms with Gasteiger partial charge in [-0.3, -0.25) is 4.98 Å². The minimum absolute atomic E-state index is 0.0621. The largest absolute Gasteiger partial charge is 0.390 e. The van der Waals surface area contributed by atoms with Gasteiger partial charge >= 0.3 is 0 Å². The van der Waals surface area contributed by atoms with E-state index in [9.17, 15) is 0 Å². The average molecular weight is 205 g/mol. The zero-order valence-electron chi connectivity index (χ0n) is 8.63. The number of nitrogens with zero attached hydrogens (tertiary/aromatic N) is 3. The summed E-state index contributed by atoms with van der Waals surface area (Å²) >= 11 is 0. The van der Waals surface area contributed by atoms with Crippen molar-refractivity contribution in [1.29, 1.82) is 0 Å². The second kappa shape index (κ2) is 4.40. The standard InChI is InChI=1S/C11H15N3O/c1-2-5-14(10-3-4-10)11-7-12-6-9(8-15)13-11/h2,6-7,10,15H,1,3-5,8H2. The molecule has 1 saturated carbocycles. The summed E-state index contributed by atoms with van der Waals surface area (Å²) in [4.78, 5) is 10.6. The van der Waals surface area contributed by atoms with Crippen LogP contribution in [0, 0.1) is 0 Å². The maximum absolute atomic E-state index is 8.99. The van der Waals surface area contributed by atoms with E-state index in [1.807, 2.05) is 6.08 Å². The third-order valence-electron chi connectivity index (χ3n) is 2.44. The Balaban J connectivity index is 2.20. The zero-order valence-corrected chi connectivity index (χ0v) is 8.63. The summed E-state index contributed by atoms with van der Waals surface area (Å²) in [6.45, 7) is 4.46. The van der Waals surface area contributed by atoms with E-state index >= 15 is 0 Å². The van der Waals surface area contributed by atoms with Gasteiger partial charge in [-0.2, -0.15) is 0 Å². The molecule has 0 saturated heterocycles. The van der Waals surface area contributed by atoms with Crippen LogP contribution in [-0.4, -0.2) is 27.7 Å². The first-order chi connectivity index (χ1) is 7.35. The number of rotatable bonds is 5. The zero-order chi connectivity index (χ0) is 10.7. The fourth-order valence-corrected chi connectivity index (χ4v) is 1.56. The van der Waals surface area contributed by atoms with E-state index in [-0.39, 0.29) is 6.61 Å². The van der Waals surface area contributed by atoms with Crippen molar-refractivity contribution >= 4 is 5.82 Å². The van der Waals surface area contributed by atoms with E-state index in [2.05, 4.69) is 21.4 Å². The summed E-state index contributed by atoms with van der Waals surface area (Å²) < 4.78 is 0. The molecule has 0 aliphatic heterocycles. The van der Waals surface area contributed by atoms with E-state index < -0.39 is 0 Å². The highest BCUT2D eigenvalue weighted by molar-refractivity contribution is 5.40. The Labute approximate surface area is 89.3 Å². The van der Waals surface area contributed by atoms with Gasteiger partial charge in [0.15, 0.2) is 0 Å². The molecule has 0 spiro atoms. The monoisotopic (exact) mass is 205 g/mol. The maximum atomic E-state index is 8.99. The normalized spacial score (nSPS) is 15.0. The van der Waals surface area contributed by atoms with Crippen molar-refractivity contribution in [3.05, 3.63) is 30.7 Å². The second-order valence-electron chi connectivity index (χ2n) is 3.70. The topological polar surface area (TPSA) is 49.2 Å². The Morgan fingerprint density at radius 1 is 1.53 bits per heavy atom. The van der Waals surface area contributed by atoms with Crippen molar-refractivity contribution < 1.29 is 5.11 Å². The molecule has 0 amide bonds. The van der Waals surface area contributed by atoms with Crippen LogP contribution in [0.3, 0.4) is 0 Å². The van der Waals surface area contributed by atoms with Crippen molar-refractivity contribution in [3.8, 4) is 0 Å². The van der Waals surface area contributed by atoms with Crippen LogP contribution in [0.5, 0.6) is 0 Å². The molecule has 0 aromatic carbocycles. The highest BCUT2D eigenvalue weighted by Crippen LogP contribution is 2.30. The number of aromatic nitrogens is 2. The highest BCUT2D eigenvalue weighted by atomic mass is 16.3. The van der Waals surface area contributed by atoms with E-state index in [4.69, 9.17) is 5.11 Å². The van der Waals surface area contributed by atoms with Gasteiger partial charge in [0.05, 0.1) is 24.7 Å². The van der Waals surface area contributed by atoms with Crippen LogP contribution >= 0.6 is 0 Å². The van der Waals surface area contributed by atoms with Gasteiger partial charge in [-0.25, -0.2) is 4.98 Å². The van der Waals surface area contributed by atoms with E-state index in [0.717, 1.165) is 12.4 Å². The molecule has 1 heterocycles. The predicted molar refractivity (Wildman–Crippen MR) is 58.5 cm³/mol. The van der Waals surface area contributed by atoms with Gasteiger partial charge in [0.1, 0.15) is 5.82 Å². The highest BCUT2D eigenvalue weighted by Gasteiger charge is 2.29. The molecule has 1 aromatic rings. The number of hydrogen-bond acceptors (Lipinski definition) is 4. The summed E-state index contributed by atoms with van der Waals surface area (Å²) in [5.41, 5.74) is 0.613. The van der Waals surface area contributed by atoms with Crippen LogP contribution in [0.2, 0.25) is 0 Å². The van der Waals surface area contributed by atoms with Crippen molar-refractivity contribution in [2.75, 3.05) is 11.4 Å². The van der Waals surface area contributed by atoms with Crippen molar-refractivity contribution in [2.45, 2.75) is 25.5 Å². The van der Waals surface area contributed by atoms with Gasteiger partial charge in [-0.15, -0.1) is 6.58 Å². The van der Waals surface area contributed by atoms with Gasteiger partial charge in [-0.05, 0) is 12.8 Å². The summed E-state index contributed by atoms with van der Waals surface area (Å²) in [6.07, 6.45) is 7.60. The number of hydrogen-bond donors (Lipinski definition) is 1. The molecule has 0 bridgehead atoms. The fourth-order valence-electron chi connectivity index (χ4n) is 1.56. The average Bonchev–Trinajstić information content (AvgIpc) is 3.10. The third kappa shape index (κ3) is 2.33. The van der Waals surface area contributed by atoms with Crippen LogP contribution in [0.4, 0.5) is 5.82 Å². The molecule has 1 N–H and O–H groups in total. The van der Waals surface area contributed by atoms with Crippen molar-refractivity contribution in [3.63, 3.8) is 0 Å². The van der Waals surface area contributed by atoms with Crippen molar-refractivity contribution in [1.82, 2.24) is 9.97 Å². The lowest BCUT2D eigenvalue weighted by atomic mass is 10.4. The van der Waals surface area contributed by atoms with Crippen LogP contribution in [0.25, 0.3) is 0 Å². The first-order valence-electron chi connectivity index (χ1n) is 5.14. The van der Waals surface area contributed by atoms with Gasteiger partial charge in [0, 0.05) is 12.6 Å². The summed E-state index contributed by atoms with van der Waals surface area (Å²) in [5.74, 6) is 0.837. The number of anilines is 1. The molecule has 0 radical (unpaired) electrons. The van der Waals surface area contributed by atoms with Gasteiger partial charge in [0.2, 0.25) is 0 Å². The van der Waals surface area contributed by atoms with Crippen LogP contribution < -0.4 is 4.90 Å². The van der Waals surface area contributed by atoms with E-state index in [1.54, 1.807) is 12.4 Å². The molecular weight excluding hydrogens is 190 g/mol. The predicted octanol–water partition coefficient (Wildman–Crippen LogP) is 1.12. The molecule has 0 unspecified atom stereocenters. The third-order valence-corrected chi connectivity index (χ3v) is 2.44. The first-order valence-corrected chi connectivity index (χ1v) is 5.14. The second-order valence-corrected chi connectivity index (χ2v) is 3.70. The lowest BCUT2D eigenvalue weighted by molar-refractivity contribution is 0.276. The quantitative estimate of drug-likeness (QED) is 0.732. The molecule has 4 nitrogen and oxygen atoms in total. The lowest BCUT2D eigenvalue weighted by Crippen LogP contribution is -2.27. The Morgan fingerprint density at radius 3 is 2.93 bits per heavy atom. The molecule has 1 aliphatic carbocycles. The van der Waals surface area contributed by atoms with Gasteiger partial charge in [0.25, 0.3) is 0 Å². The molecule has 2 rings (SSSR count). The molecule has 4 heteroatoms. The Hall–Kier alpha value is -1.42. The summed E-state index contributed by atoms with van der Waals surface area (Å²) in [7, 11) is 0. The van der Waals surface area contributed by atoms with E-state index in [0.29, 0.717) is 11.7 Å². The SMILES string of the molecule is C=CCN(c1cncc(CO)n1)C1CC1. The molecule has 1 aromatic heterocycles. The summed E-state index contributed by atoms with van der Waals surface area (Å²) in [6, 6.07) is 0.575. The molecule has 1 aliphatic rings. The molecule has 0 atom stereocenters. The molecule has 15 heavy (non-hydrogen) atoms. The fraction of sp³-hybridized carbons (Fsp3) is 0.455. The maximum Gasteiger partial charge on any atom is 0.148 e. The minimum atomic E-state index is -0.0621. The van der Waals surface area contributed by atoms with Gasteiger partial charge in [-0.1, -0.05) is 6.08 Å². The Kier molecular flexibility index (Phi) is 2.97. The van der Waals surface area contributed by atoms with Gasteiger partial charge < -0.3 is 10.0 Å². The first kappa shape index (κ1) is 10.1. The molecular formula is C11H15N3O. The van der Waals surface area contributed by atoms with Crippen molar-refractivity contribution in [2.24, 2.45) is 0 Å². The molecule has 80 valence electrons. The van der Waals surface area contributed by atoms with Crippen LogP contribution in [-0.2, 0) is 6.61 Å². The number of aliphatic hydroxyl groups is 1. The smallest absolute Gasteiger partial charge is 0.148 e. The molecule has 1 fully saturated rings. The Morgan fingerprint density at radius 2 is 2.33 bits per heavy atom. The lowest BCUT2D eigenvalue weighted by Gasteiger charge is -2.21. The Bertz CT molecular complexity index is 349. The summed E-state index contributed by atoms with van der Waals surface area (Å²) in [5, 5.41) is 8.99.